The first kappa shape index (κ1) is 12.3. The molecule has 0 atom stereocenters. The van der Waals surface area contributed by atoms with E-state index in [1.807, 2.05) is 18.2 Å². The van der Waals surface area contributed by atoms with Crippen molar-refractivity contribution in [2.24, 2.45) is 0 Å². The molecule has 0 fully saturated rings. The number of ether oxygens (including phenoxy) is 1. The van der Waals surface area contributed by atoms with Crippen LogP contribution in [0.1, 0.15) is 25.3 Å². The molecule has 82 valence electrons. The normalized spacial score (nSPS) is 10.0. The summed E-state index contributed by atoms with van der Waals surface area (Å²) in [4.78, 5) is 0. The number of allylic oxidation sites excluding steroid dienone is 1. The molecular weight excluding hydrogens is 252 g/mol. The van der Waals surface area contributed by atoms with Crippen LogP contribution >= 0.6 is 15.9 Å². The minimum absolute atomic E-state index is 0.780. The summed E-state index contributed by atoms with van der Waals surface area (Å²) < 4.78 is 6.79. The molecule has 0 saturated heterocycles. The fraction of sp³-hybridized carbons (Fsp3) is 0.385. The molecule has 0 radical (unpaired) electrons. The van der Waals surface area contributed by atoms with Gasteiger partial charge in [-0.1, -0.05) is 28.9 Å². The van der Waals surface area contributed by atoms with Gasteiger partial charge in [0, 0.05) is 4.47 Å². The molecule has 0 unspecified atom stereocenters. The molecule has 1 aromatic carbocycles. The van der Waals surface area contributed by atoms with Crippen LogP contribution in [0, 0.1) is 0 Å². The topological polar surface area (TPSA) is 9.23 Å². The fourth-order valence-electron chi connectivity index (χ4n) is 1.35. The predicted octanol–water partition coefficient (Wildman–Crippen LogP) is 4.36. The van der Waals surface area contributed by atoms with E-state index in [-0.39, 0.29) is 0 Å². The third-order valence-electron chi connectivity index (χ3n) is 2.10. The largest absolute Gasteiger partial charge is 0.493 e. The van der Waals surface area contributed by atoms with E-state index >= 15 is 0 Å². The van der Waals surface area contributed by atoms with E-state index in [0.29, 0.717) is 0 Å². The number of hydrogen-bond donors (Lipinski definition) is 0. The lowest BCUT2D eigenvalue weighted by molar-refractivity contribution is 0.314. The van der Waals surface area contributed by atoms with E-state index in [1.54, 1.807) is 0 Å². The van der Waals surface area contributed by atoms with Gasteiger partial charge in [-0.15, -0.1) is 6.58 Å². The van der Waals surface area contributed by atoms with Gasteiger partial charge in [0.05, 0.1) is 6.61 Å². The second kappa shape index (κ2) is 6.67. The van der Waals surface area contributed by atoms with Gasteiger partial charge in [-0.3, -0.25) is 0 Å². The summed E-state index contributed by atoms with van der Waals surface area (Å²) >= 11 is 3.48. The van der Waals surface area contributed by atoms with Crippen LogP contribution in [0.2, 0.25) is 0 Å². The van der Waals surface area contributed by atoms with Crippen molar-refractivity contribution in [3.8, 4) is 5.75 Å². The summed E-state index contributed by atoms with van der Waals surface area (Å²) in [6, 6.07) is 6.16. The van der Waals surface area contributed by atoms with Crippen LogP contribution in [-0.4, -0.2) is 6.61 Å². The Bertz CT molecular complexity index is 320. The summed E-state index contributed by atoms with van der Waals surface area (Å²) in [5, 5.41) is 0. The Morgan fingerprint density at radius 1 is 1.47 bits per heavy atom. The lowest BCUT2D eigenvalue weighted by atomic mass is 10.1. The van der Waals surface area contributed by atoms with Crippen molar-refractivity contribution in [1.82, 2.24) is 0 Å². The summed E-state index contributed by atoms with van der Waals surface area (Å²) in [5.41, 5.74) is 1.25. The van der Waals surface area contributed by atoms with Gasteiger partial charge < -0.3 is 4.74 Å². The fourth-order valence-corrected chi connectivity index (χ4v) is 1.76. The zero-order valence-electron chi connectivity index (χ0n) is 9.13. The molecule has 0 aliphatic carbocycles. The van der Waals surface area contributed by atoms with E-state index in [9.17, 15) is 0 Å². The minimum Gasteiger partial charge on any atom is -0.493 e. The molecule has 15 heavy (non-hydrogen) atoms. The molecular formula is C13H17BrO. The summed E-state index contributed by atoms with van der Waals surface area (Å²) in [6.45, 7) is 6.63. The molecule has 0 bridgehead atoms. The van der Waals surface area contributed by atoms with Crippen LogP contribution in [0.4, 0.5) is 0 Å². The highest BCUT2D eigenvalue weighted by atomic mass is 79.9. The van der Waals surface area contributed by atoms with Gasteiger partial charge in [0.1, 0.15) is 5.75 Å². The monoisotopic (exact) mass is 268 g/mol. The van der Waals surface area contributed by atoms with Gasteiger partial charge in [-0.25, -0.2) is 0 Å². The Morgan fingerprint density at radius 3 is 2.93 bits per heavy atom. The quantitative estimate of drug-likeness (QED) is 0.697. The molecule has 0 aliphatic rings. The first-order valence-corrected chi connectivity index (χ1v) is 6.09. The molecule has 1 rings (SSSR count). The van der Waals surface area contributed by atoms with Crippen LogP contribution in [0.25, 0.3) is 0 Å². The first-order valence-electron chi connectivity index (χ1n) is 5.30. The Balaban J connectivity index is 2.77. The van der Waals surface area contributed by atoms with Crippen LogP contribution in [0.5, 0.6) is 5.75 Å². The van der Waals surface area contributed by atoms with Crippen molar-refractivity contribution >= 4 is 15.9 Å². The number of aryl methyl sites for hydroxylation is 1. The van der Waals surface area contributed by atoms with Crippen LogP contribution in [0.3, 0.4) is 0 Å². The number of halogens is 1. The van der Waals surface area contributed by atoms with Crippen LogP contribution < -0.4 is 4.74 Å². The van der Waals surface area contributed by atoms with Gasteiger partial charge >= 0.3 is 0 Å². The van der Waals surface area contributed by atoms with E-state index in [1.165, 1.54) is 5.56 Å². The maximum atomic E-state index is 5.68. The van der Waals surface area contributed by atoms with Crippen molar-refractivity contribution in [2.75, 3.05) is 6.61 Å². The van der Waals surface area contributed by atoms with Crippen molar-refractivity contribution in [3.63, 3.8) is 0 Å². The molecule has 0 spiro atoms. The Hall–Kier alpha value is -0.760. The number of rotatable bonds is 6. The van der Waals surface area contributed by atoms with Crippen molar-refractivity contribution in [2.45, 2.75) is 26.2 Å². The van der Waals surface area contributed by atoms with Gasteiger partial charge in [0.2, 0.25) is 0 Å². The van der Waals surface area contributed by atoms with E-state index in [0.717, 1.165) is 36.1 Å². The molecule has 1 aromatic rings. The standard InChI is InChI=1S/C13H17BrO/c1-3-5-6-11-10-12(14)7-8-13(11)15-9-4-2/h3,7-8,10H,1,4-6,9H2,2H3. The van der Waals surface area contributed by atoms with Crippen LogP contribution in [0.15, 0.2) is 35.3 Å². The average molecular weight is 269 g/mol. The van der Waals surface area contributed by atoms with Crippen molar-refractivity contribution in [3.05, 3.63) is 40.9 Å². The van der Waals surface area contributed by atoms with E-state index < -0.39 is 0 Å². The maximum Gasteiger partial charge on any atom is 0.122 e. The third kappa shape index (κ3) is 4.08. The predicted molar refractivity (Wildman–Crippen MR) is 68.4 cm³/mol. The molecule has 0 N–H and O–H groups in total. The van der Waals surface area contributed by atoms with Gasteiger partial charge in [0.15, 0.2) is 0 Å². The highest BCUT2D eigenvalue weighted by Gasteiger charge is 2.03. The zero-order valence-corrected chi connectivity index (χ0v) is 10.7. The lowest BCUT2D eigenvalue weighted by Gasteiger charge is -2.10. The second-order valence-corrected chi connectivity index (χ2v) is 4.34. The summed E-state index contributed by atoms with van der Waals surface area (Å²) in [6.07, 6.45) is 4.95. The highest BCUT2D eigenvalue weighted by Crippen LogP contribution is 2.24. The highest BCUT2D eigenvalue weighted by molar-refractivity contribution is 9.10. The van der Waals surface area contributed by atoms with Gasteiger partial charge in [0.25, 0.3) is 0 Å². The SMILES string of the molecule is C=CCCc1cc(Br)ccc1OCCC. The lowest BCUT2D eigenvalue weighted by Crippen LogP contribution is -1.98. The maximum absolute atomic E-state index is 5.68. The summed E-state index contributed by atoms with van der Waals surface area (Å²) in [7, 11) is 0. The Morgan fingerprint density at radius 2 is 2.27 bits per heavy atom. The molecule has 0 saturated carbocycles. The molecule has 0 aromatic heterocycles. The number of hydrogen-bond acceptors (Lipinski definition) is 1. The second-order valence-electron chi connectivity index (χ2n) is 3.43. The average Bonchev–Trinajstić information content (AvgIpc) is 2.25. The first-order chi connectivity index (χ1) is 7.27. The van der Waals surface area contributed by atoms with Crippen molar-refractivity contribution < 1.29 is 4.74 Å². The minimum atomic E-state index is 0.780. The van der Waals surface area contributed by atoms with Crippen LogP contribution in [-0.2, 0) is 6.42 Å². The molecule has 1 nitrogen and oxygen atoms in total. The van der Waals surface area contributed by atoms with E-state index in [2.05, 4.69) is 35.5 Å². The Kier molecular flexibility index (Phi) is 5.48. The van der Waals surface area contributed by atoms with Gasteiger partial charge in [-0.05, 0) is 43.0 Å². The summed E-state index contributed by atoms with van der Waals surface area (Å²) in [5.74, 6) is 1.00. The van der Waals surface area contributed by atoms with Gasteiger partial charge in [-0.2, -0.15) is 0 Å². The van der Waals surface area contributed by atoms with E-state index in [4.69, 9.17) is 4.74 Å². The zero-order chi connectivity index (χ0) is 11.1. The molecule has 0 heterocycles. The molecule has 2 heteroatoms. The van der Waals surface area contributed by atoms with Crippen molar-refractivity contribution in [1.29, 1.82) is 0 Å². The third-order valence-corrected chi connectivity index (χ3v) is 2.60. The number of benzene rings is 1. The molecule has 0 amide bonds. The molecule has 0 aliphatic heterocycles. The smallest absolute Gasteiger partial charge is 0.122 e. The Labute approximate surface area is 100 Å².